The maximum absolute atomic E-state index is 6.18. The van der Waals surface area contributed by atoms with Gasteiger partial charge in [0.05, 0.1) is 12.2 Å². The summed E-state index contributed by atoms with van der Waals surface area (Å²) in [6, 6.07) is 0.193. The Hall–Kier alpha value is -0.0800. The van der Waals surface area contributed by atoms with Gasteiger partial charge in [0.25, 0.3) is 0 Å². The third-order valence-corrected chi connectivity index (χ3v) is 4.63. The van der Waals surface area contributed by atoms with E-state index in [0.29, 0.717) is 0 Å². The maximum atomic E-state index is 6.18. The Labute approximate surface area is 92.6 Å². The Balaban J connectivity index is 1.70. The molecule has 2 N–H and O–H groups in total. The van der Waals surface area contributed by atoms with Gasteiger partial charge in [0.1, 0.15) is 0 Å². The molecule has 86 valence electrons. The molecule has 4 saturated carbocycles. The van der Waals surface area contributed by atoms with Gasteiger partial charge in [0.2, 0.25) is 0 Å². The molecular formula is C13H23NO. The Morgan fingerprint density at radius 2 is 1.60 bits per heavy atom. The average molecular weight is 209 g/mol. The SMILES string of the molecule is CC(N)COC12CC3CC(CC(C3)C1)C2. The largest absolute Gasteiger partial charge is 0.373 e. The Kier molecular flexibility index (Phi) is 2.33. The molecule has 0 amide bonds. The Morgan fingerprint density at radius 3 is 2.00 bits per heavy atom. The average Bonchev–Trinajstić information content (AvgIpc) is 2.12. The molecule has 1 atom stereocenters. The second-order valence-electron chi connectivity index (χ2n) is 6.39. The first-order chi connectivity index (χ1) is 7.15. The van der Waals surface area contributed by atoms with E-state index < -0.39 is 0 Å². The minimum absolute atomic E-state index is 0.193. The molecule has 1 unspecified atom stereocenters. The van der Waals surface area contributed by atoms with Crippen LogP contribution >= 0.6 is 0 Å². The third-order valence-electron chi connectivity index (χ3n) is 4.63. The molecule has 0 heterocycles. The van der Waals surface area contributed by atoms with Crippen LogP contribution in [0.2, 0.25) is 0 Å². The lowest BCUT2D eigenvalue weighted by Crippen LogP contribution is -2.52. The molecule has 0 aromatic carbocycles. The van der Waals surface area contributed by atoms with Crippen molar-refractivity contribution in [3.63, 3.8) is 0 Å². The van der Waals surface area contributed by atoms with E-state index in [0.717, 1.165) is 24.4 Å². The first-order valence-corrected chi connectivity index (χ1v) is 6.55. The summed E-state index contributed by atoms with van der Waals surface area (Å²) >= 11 is 0. The van der Waals surface area contributed by atoms with Gasteiger partial charge < -0.3 is 10.5 Å². The van der Waals surface area contributed by atoms with Gasteiger partial charge in [0, 0.05) is 6.04 Å². The van der Waals surface area contributed by atoms with Crippen LogP contribution in [0.5, 0.6) is 0 Å². The van der Waals surface area contributed by atoms with Gasteiger partial charge >= 0.3 is 0 Å². The Bertz CT molecular complexity index is 214. The zero-order valence-corrected chi connectivity index (χ0v) is 9.74. The van der Waals surface area contributed by atoms with Crippen LogP contribution in [-0.4, -0.2) is 18.2 Å². The zero-order valence-electron chi connectivity index (χ0n) is 9.74. The van der Waals surface area contributed by atoms with Gasteiger partial charge in [-0.15, -0.1) is 0 Å². The minimum Gasteiger partial charge on any atom is -0.373 e. The van der Waals surface area contributed by atoms with Gasteiger partial charge in [-0.25, -0.2) is 0 Å². The van der Waals surface area contributed by atoms with Gasteiger partial charge in [-0.1, -0.05) is 0 Å². The fourth-order valence-electron chi connectivity index (χ4n) is 4.52. The van der Waals surface area contributed by atoms with Crippen LogP contribution in [0.15, 0.2) is 0 Å². The number of rotatable bonds is 3. The lowest BCUT2D eigenvalue weighted by molar-refractivity contribution is -0.163. The fourth-order valence-corrected chi connectivity index (χ4v) is 4.52. The molecular weight excluding hydrogens is 186 g/mol. The van der Waals surface area contributed by atoms with Gasteiger partial charge in [0.15, 0.2) is 0 Å². The second-order valence-corrected chi connectivity index (χ2v) is 6.39. The summed E-state index contributed by atoms with van der Waals surface area (Å²) in [5, 5.41) is 0. The molecule has 0 radical (unpaired) electrons. The first-order valence-electron chi connectivity index (χ1n) is 6.55. The highest BCUT2D eigenvalue weighted by molar-refractivity contribution is 5.03. The van der Waals surface area contributed by atoms with Crippen molar-refractivity contribution in [2.75, 3.05) is 6.61 Å². The lowest BCUT2D eigenvalue weighted by atomic mass is 9.54. The summed E-state index contributed by atoms with van der Waals surface area (Å²) in [7, 11) is 0. The smallest absolute Gasteiger partial charge is 0.0691 e. The molecule has 2 heteroatoms. The first kappa shape index (κ1) is 10.1. The molecule has 4 bridgehead atoms. The zero-order chi connectivity index (χ0) is 10.5. The highest BCUT2D eigenvalue weighted by Crippen LogP contribution is 2.57. The van der Waals surface area contributed by atoms with Crippen molar-refractivity contribution in [2.24, 2.45) is 23.5 Å². The predicted octanol–water partition coefficient (Wildman–Crippen LogP) is 2.32. The molecule has 0 saturated heterocycles. The van der Waals surface area contributed by atoms with E-state index in [4.69, 9.17) is 10.5 Å². The number of nitrogens with two attached hydrogens (primary N) is 1. The summed E-state index contributed by atoms with van der Waals surface area (Å²) in [6.45, 7) is 2.80. The van der Waals surface area contributed by atoms with Crippen molar-refractivity contribution in [3.8, 4) is 0 Å². The van der Waals surface area contributed by atoms with Crippen molar-refractivity contribution in [1.82, 2.24) is 0 Å². The van der Waals surface area contributed by atoms with Crippen molar-refractivity contribution in [2.45, 2.75) is 57.1 Å². The van der Waals surface area contributed by atoms with Crippen LogP contribution in [0.3, 0.4) is 0 Å². The summed E-state index contributed by atoms with van der Waals surface area (Å²) in [5.41, 5.74) is 6.05. The van der Waals surface area contributed by atoms with Crippen LogP contribution in [0.1, 0.15) is 45.4 Å². The Morgan fingerprint density at radius 1 is 1.13 bits per heavy atom. The highest BCUT2D eigenvalue weighted by Gasteiger charge is 2.51. The van der Waals surface area contributed by atoms with E-state index >= 15 is 0 Å². The summed E-state index contributed by atoms with van der Waals surface area (Å²) in [5.74, 6) is 2.93. The fraction of sp³-hybridized carbons (Fsp3) is 1.00. The molecule has 4 aliphatic carbocycles. The molecule has 4 rings (SSSR count). The van der Waals surface area contributed by atoms with Crippen LogP contribution in [0.4, 0.5) is 0 Å². The van der Waals surface area contributed by atoms with E-state index in [1.54, 1.807) is 0 Å². The normalized spacial score (nSPS) is 49.6. The van der Waals surface area contributed by atoms with E-state index in [1.807, 2.05) is 6.92 Å². The van der Waals surface area contributed by atoms with Gasteiger partial charge in [-0.2, -0.15) is 0 Å². The van der Waals surface area contributed by atoms with Gasteiger partial charge in [-0.3, -0.25) is 0 Å². The number of hydrogen-bond donors (Lipinski definition) is 1. The molecule has 0 aromatic rings. The topological polar surface area (TPSA) is 35.2 Å². The number of ether oxygens (including phenoxy) is 1. The second kappa shape index (κ2) is 3.46. The van der Waals surface area contributed by atoms with E-state index in [-0.39, 0.29) is 11.6 Å². The predicted molar refractivity (Wildman–Crippen MR) is 60.5 cm³/mol. The van der Waals surface area contributed by atoms with Crippen LogP contribution in [-0.2, 0) is 4.74 Å². The van der Waals surface area contributed by atoms with E-state index in [9.17, 15) is 0 Å². The molecule has 0 spiro atoms. The number of hydrogen-bond acceptors (Lipinski definition) is 2. The van der Waals surface area contributed by atoms with Gasteiger partial charge in [-0.05, 0) is 63.2 Å². The summed E-state index contributed by atoms with van der Waals surface area (Å²) in [6.07, 6.45) is 8.44. The summed E-state index contributed by atoms with van der Waals surface area (Å²) in [4.78, 5) is 0. The highest BCUT2D eigenvalue weighted by atomic mass is 16.5. The standard InChI is InChI=1S/C13H23NO/c1-9(14)8-15-13-5-10-2-11(6-13)4-12(3-10)7-13/h9-12H,2-8,14H2,1H3. The monoisotopic (exact) mass is 209 g/mol. The lowest BCUT2D eigenvalue weighted by Gasteiger charge is -2.56. The molecule has 4 aliphatic rings. The summed E-state index contributed by atoms with van der Waals surface area (Å²) < 4.78 is 6.18. The molecule has 0 aromatic heterocycles. The minimum atomic E-state index is 0.193. The van der Waals surface area contributed by atoms with Crippen molar-refractivity contribution < 1.29 is 4.74 Å². The van der Waals surface area contributed by atoms with E-state index in [1.165, 1.54) is 38.5 Å². The third kappa shape index (κ3) is 1.83. The van der Waals surface area contributed by atoms with Crippen LogP contribution in [0, 0.1) is 17.8 Å². The van der Waals surface area contributed by atoms with Crippen LogP contribution < -0.4 is 5.73 Å². The van der Waals surface area contributed by atoms with Crippen molar-refractivity contribution >= 4 is 0 Å². The molecule has 4 fully saturated rings. The molecule has 0 aliphatic heterocycles. The van der Waals surface area contributed by atoms with Crippen LogP contribution in [0.25, 0.3) is 0 Å². The maximum Gasteiger partial charge on any atom is 0.0691 e. The van der Waals surface area contributed by atoms with Crippen molar-refractivity contribution in [1.29, 1.82) is 0 Å². The molecule has 2 nitrogen and oxygen atoms in total. The quantitative estimate of drug-likeness (QED) is 0.774. The van der Waals surface area contributed by atoms with E-state index in [2.05, 4.69) is 0 Å². The van der Waals surface area contributed by atoms with Crippen molar-refractivity contribution in [3.05, 3.63) is 0 Å². The molecule has 15 heavy (non-hydrogen) atoms.